The number of halogens is 2. The Kier molecular flexibility index (Phi) is 3.97. The largest absolute Gasteiger partial charge is 0.0843 e. The molecular formula is C31H18Cl2. The second-order valence-corrected chi connectivity index (χ2v) is 9.64. The maximum absolute atomic E-state index is 6.53. The average molecular weight is 461 g/mol. The summed E-state index contributed by atoms with van der Waals surface area (Å²) in [5.74, 6) is 0. The second kappa shape index (κ2) is 6.84. The van der Waals surface area contributed by atoms with Gasteiger partial charge in [0.15, 0.2) is 0 Å². The van der Waals surface area contributed by atoms with E-state index in [9.17, 15) is 0 Å². The molecule has 2 aliphatic carbocycles. The van der Waals surface area contributed by atoms with E-state index < -0.39 is 5.41 Å². The molecular weight excluding hydrogens is 443 g/mol. The normalized spacial score (nSPS) is 14.0. The van der Waals surface area contributed by atoms with Crippen molar-refractivity contribution in [2.24, 2.45) is 0 Å². The van der Waals surface area contributed by atoms with Gasteiger partial charge >= 0.3 is 0 Å². The number of hydrogen-bond acceptors (Lipinski definition) is 0. The molecule has 33 heavy (non-hydrogen) atoms. The van der Waals surface area contributed by atoms with Crippen molar-refractivity contribution in [1.82, 2.24) is 0 Å². The predicted molar refractivity (Wildman–Crippen MR) is 138 cm³/mol. The number of rotatable bonds is 0. The van der Waals surface area contributed by atoms with Gasteiger partial charge in [0.25, 0.3) is 0 Å². The Labute approximate surface area is 203 Å². The van der Waals surface area contributed by atoms with Crippen LogP contribution in [0.2, 0.25) is 10.0 Å². The highest BCUT2D eigenvalue weighted by molar-refractivity contribution is 6.31. The molecule has 156 valence electrons. The highest BCUT2D eigenvalue weighted by Crippen LogP contribution is 2.61. The van der Waals surface area contributed by atoms with Gasteiger partial charge in [-0.1, -0.05) is 108 Å². The maximum Gasteiger partial charge on any atom is 0.0725 e. The molecule has 5 aromatic carbocycles. The molecule has 0 radical (unpaired) electrons. The molecule has 0 amide bonds. The molecule has 0 nitrogen and oxygen atoms in total. The Balaban J connectivity index is 1.77. The Morgan fingerprint density at radius 2 is 0.727 bits per heavy atom. The van der Waals surface area contributed by atoms with E-state index in [4.69, 9.17) is 23.2 Å². The van der Waals surface area contributed by atoms with Crippen molar-refractivity contribution in [2.45, 2.75) is 5.41 Å². The minimum atomic E-state index is -0.466. The highest BCUT2D eigenvalue weighted by Gasteiger charge is 2.49. The zero-order chi connectivity index (χ0) is 22.2. The molecule has 5 aromatic rings. The first kappa shape index (κ1) is 19.2. The van der Waals surface area contributed by atoms with Crippen LogP contribution in [-0.4, -0.2) is 0 Å². The van der Waals surface area contributed by atoms with E-state index in [1.54, 1.807) is 0 Å². The number of fused-ring (bicyclic) bond motifs is 12. The van der Waals surface area contributed by atoms with Gasteiger partial charge in [-0.15, -0.1) is 0 Å². The lowest BCUT2D eigenvalue weighted by Gasteiger charge is -2.35. The molecule has 1 spiro atoms. The Bertz CT molecular complexity index is 1470. The minimum Gasteiger partial charge on any atom is -0.0843 e. The molecule has 0 heterocycles. The van der Waals surface area contributed by atoms with E-state index in [-0.39, 0.29) is 0 Å². The quantitative estimate of drug-likeness (QED) is 0.211. The van der Waals surface area contributed by atoms with Gasteiger partial charge in [0, 0.05) is 10.0 Å². The van der Waals surface area contributed by atoms with Gasteiger partial charge in [-0.05, 0) is 79.9 Å². The Morgan fingerprint density at radius 1 is 0.364 bits per heavy atom. The first-order valence-electron chi connectivity index (χ1n) is 11.1. The van der Waals surface area contributed by atoms with E-state index in [0.29, 0.717) is 0 Å². The van der Waals surface area contributed by atoms with Crippen molar-refractivity contribution >= 4 is 23.2 Å². The van der Waals surface area contributed by atoms with E-state index in [1.807, 2.05) is 12.1 Å². The fraction of sp³-hybridized carbons (Fsp3) is 0.0323. The topological polar surface area (TPSA) is 0 Å². The smallest absolute Gasteiger partial charge is 0.0725 e. The molecule has 2 heteroatoms. The van der Waals surface area contributed by atoms with Gasteiger partial charge in [0.1, 0.15) is 0 Å². The zero-order valence-corrected chi connectivity index (χ0v) is 19.2. The summed E-state index contributed by atoms with van der Waals surface area (Å²) in [5.41, 5.74) is 11.9. The number of benzene rings is 5. The van der Waals surface area contributed by atoms with Crippen molar-refractivity contribution < 1.29 is 0 Å². The molecule has 0 unspecified atom stereocenters. The fourth-order valence-electron chi connectivity index (χ4n) is 6.05. The van der Waals surface area contributed by atoms with Crippen LogP contribution in [0.4, 0.5) is 0 Å². The summed E-state index contributed by atoms with van der Waals surface area (Å²) in [6, 6.07) is 39.0. The Hall–Kier alpha value is -3.32. The molecule has 0 N–H and O–H groups in total. The van der Waals surface area contributed by atoms with Crippen molar-refractivity contribution in [3.8, 4) is 33.4 Å². The van der Waals surface area contributed by atoms with Crippen LogP contribution < -0.4 is 0 Å². The van der Waals surface area contributed by atoms with Gasteiger partial charge in [0.2, 0.25) is 0 Å². The molecule has 0 bridgehead atoms. The number of hydrogen-bond donors (Lipinski definition) is 0. The maximum atomic E-state index is 6.53. The summed E-state index contributed by atoms with van der Waals surface area (Å²) < 4.78 is 0. The molecule has 0 saturated heterocycles. The molecule has 0 fully saturated rings. The predicted octanol–water partition coefficient (Wildman–Crippen LogP) is 9.00. The third kappa shape index (κ3) is 2.43. The van der Waals surface area contributed by atoms with Crippen molar-refractivity contribution in [3.63, 3.8) is 0 Å². The summed E-state index contributed by atoms with van der Waals surface area (Å²) in [6.07, 6.45) is 0. The third-order valence-corrected chi connectivity index (χ3v) is 7.70. The first-order chi connectivity index (χ1) is 16.2. The van der Waals surface area contributed by atoms with Crippen LogP contribution in [-0.2, 0) is 5.41 Å². The lowest BCUT2D eigenvalue weighted by atomic mass is 9.66. The molecule has 0 aromatic heterocycles. The summed E-state index contributed by atoms with van der Waals surface area (Å²) >= 11 is 13.1. The lowest BCUT2D eigenvalue weighted by Crippen LogP contribution is -2.29. The molecule has 0 atom stereocenters. The summed E-state index contributed by atoms with van der Waals surface area (Å²) in [7, 11) is 0. The van der Waals surface area contributed by atoms with E-state index in [0.717, 1.165) is 21.2 Å². The van der Waals surface area contributed by atoms with Gasteiger partial charge in [-0.2, -0.15) is 0 Å². The van der Waals surface area contributed by atoms with E-state index in [2.05, 4.69) is 97.1 Å². The summed E-state index contributed by atoms with van der Waals surface area (Å²) in [5, 5.41) is 1.46. The van der Waals surface area contributed by atoms with Crippen LogP contribution in [0.1, 0.15) is 22.3 Å². The third-order valence-electron chi connectivity index (χ3n) is 7.23. The van der Waals surface area contributed by atoms with E-state index in [1.165, 1.54) is 44.5 Å². The standard InChI is InChI=1S/C31H18Cl2/c32-19-13-15-29-25(17-19)26-18-20(33)14-16-30(26)31(29)27-11-5-3-9-23(27)21-7-1-2-8-22(21)24-10-4-6-12-28(24)31/h1-18H. The first-order valence-corrected chi connectivity index (χ1v) is 11.8. The molecule has 0 saturated carbocycles. The van der Waals surface area contributed by atoms with Crippen LogP contribution in [0.15, 0.2) is 109 Å². The molecule has 2 aliphatic rings. The average Bonchev–Trinajstić information content (AvgIpc) is 3.07. The van der Waals surface area contributed by atoms with E-state index >= 15 is 0 Å². The monoisotopic (exact) mass is 460 g/mol. The fourth-order valence-corrected chi connectivity index (χ4v) is 6.39. The lowest BCUT2D eigenvalue weighted by molar-refractivity contribution is 0.775. The van der Waals surface area contributed by atoms with Crippen molar-refractivity contribution in [3.05, 3.63) is 141 Å². The van der Waals surface area contributed by atoms with Gasteiger partial charge in [-0.3, -0.25) is 0 Å². The van der Waals surface area contributed by atoms with Crippen molar-refractivity contribution in [1.29, 1.82) is 0 Å². The highest BCUT2D eigenvalue weighted by atomic mass is 35.5. The SMILES string of the molecule is Clc1ccc2c(c1)-c1cc(Cl)ccc1C21c2ccccc2-c2ccccc2-c2ccccc21. The van der Waals surface area contributed by atoms with Crippen LogP contribution in [0.5, 0.6) is 0 Å². The second-order valence-electron chi connectivity index (χ2n) is 8.77. The van der Waals surface area contributed by atoms with Crippen LogP contribution in [0.3, 0.4) is 0 Å². The summed E-state index contributed by atoms with van der Waals surface area (Å²) in [6.45, 7) is 0. The van der Waals surface area contributed by atoms with Gasteiger partial charge in [0.05, 0.1) is 5.41 Å². The molecule has 0 aliphatic heterocycles. The molecule has 7 rings (SSSR count). The van der Waals surface area contributed by atoms with Gasteiger partial charge < -0.3 is 0 Å². The van der Waals surface area contributed by atoms with Crippen molar-refractivity contribution in [2.75, 3.05) is 0 Å². The zero-order valence-electron chi connectivity index (χ0n) is 17.6. The van der Waals surface area contributed by atoms with Crippen LogP contribution in [0, 0.1) is 0 Å². The minimum absolute atomic E-state index is 0.466. The van der Waals surface area contributed by atoms with Crippen LogP contribution in [0.25, 0.3) is 33.4 Å². The van der Waals surface area contributed by atoms with Gasteiger partial charge in [-0.25, -0.2) is 0 Å². The van der Waals surface area contributed by atoms with Crippen LogP contribution >= 0.6 is 23.2 Å². The Morgan fingerprint density at radius 3 is 1.18 bits per heavy atom. The summed E-state index contributed by atoms with van der Waals surface area (Å²) in [4.78, 5) is 0.